The van der Waals surface area contributed by atoms with Gasteiger partial charge in [0.05, 0.1) is 18.0 Å². The Labute approximate surface area is 89.4 Å². The first kappa shape index (κ1) is 9.98. The van der Waals surface area contributed by atoms with Crippen molar-refractivity contribution in [3.05, 3.63) is 24.4 Å². The molecule has 0 aromatic rings. The predicted molar refractivity (Wildman–Crippen MR) is 64.0 cm³/mol. The summed E-state index contributed by atoms with van der Waals surface area (Å²) in [6.45, 7) is 1.72. The molecule has 2 aliphatic rings. The quantitative estimate of drug-likeness (QED) is 0.671. The van der Waals surface area contributed by atoms with Crippen LogP contribution in [0.4, 0.5) is 0 Å². The van der Waals surface area contributed by atoms with Crippen molar-refractivity contribution in [2.24, 2.45) is 15.0 Å². The molecule has 0 saturated carbocycles. The molecular formula is C11H14N4. The summed E-state index contributed by atoms with van der Waals surface area (Å²) in [6.07, 6.45) is 7.53. The minimum atomic E-state index is 0.777. The molecule has 4 nitrogen and oxygen atoms in total. The average molecular weight is 202 g/mol. The van der Waals surface area contributed by atoms with Gasteiger partial charge in [-0.05, 0) is 32.3 Å². The second-order valence-electron chi connectivity index (χ2n) is 3.70. The van der Waals surface area contributed by atoms with Crippen LogP contribution in [-0.4, -0.2) is 49.3 Å². The molecule has 0 amide bonds. The van der Waals surface area contributed by atoms with Crippen molar-refractivity contribution in [1.29, 1.82) is 0 Å². The molecule has 2 heterocycles. The standard InChI is InChI=1S/C11H14N4/c1-15(2)8-7-13-11-4-3-9-10(14-11)5-6-12-9/h3-6H,7-8H2,1-2H3. The normalized spacial score (nSPS) is 20.9. The number of rotatable bonds is 3. The molecule has 0 bridgehead atoms. The number of likely N-dealkylation sites (N-methyl/N-ethyl adjacent to an activating group) is 1. The maximum atomic E-state index is 4.40. The van der Waals surface area contributed by atoms with Crippen LogP contribution in [0.2, 0.25) is 0 Å². The van der Waals surface area contributed by atoms with Gasteiger partial charge < -0.3 is 4.90 Å². The molecule has 0 spiro atoms. The summed E-state index contributed by atoms with van der Waals surface area (Å²) in [6, 6.07) is 0. The first-order valence-corrected chi connectivity index (χ1v) is 4.96. The summed E-state index contributed by atoms with van der Waals surface area (Å²) < 4.78 is 0. The van der Waals surface area contributed by atoms with E-state index in [1.807, 2.05) is 32.3 Å². The molecule has 0 radical (unpaired) electrons. The Bertz CT molecular complexity index is 397. The van der Waals surface area contributed by atoms with Gasteiger partial charge in [-0.3, -0.25) is 9.98 Å². The second-order valence-corrected chi connectivity index (χ2v) is 3.70. The Morgan fingerprint density at radius 2 is 2.07 bits per heavy atom. The predicted octanol–water partition coefficient (Wildman–Crippen LogP) is 0.926. The molecule has 4 heteroatoms. The summed E-state index contributed by atoms with van der Waals surface area (Å²) in [5, 5.41) is 0. The van der Waals surface area contributed by atoms with Crippen molar-refractivity contribution in [3.8, 4) is 0 Å². The van der Waals surface area contributed by atoms with Crippen LogP contribution in [0.25, 0.3) is 0 Å². The number of dihydropyridines is 1. The molecule has 78 valence electrons. The van der Waals surface area contributed by atoms with E-state index in [0.29, 0.717) is 0 Å². The van der Waals surface area contributed by atoms with Crippen LogP contribution in [0.15, 0.2) is 39.4 Å². The summed E-state index contributed by atoms with van der Waals surface area (Å²) >= 11 is 0. The van der Waals surface area contributed by atoms with Gasteiger partial charge in [0.25, 0.3) is 0 Å². The lowest BCUT2D eigenvalue weighted by molar-refractivity contribution is 0.420. The highest BCUT2D eigenvalue weighted by molar-refractivity contribution is 6.54. The molecule has 0 atom stereocenters. The van der Waals surface area contributed by atoms with Gasteiger partial charge in [0.1, 0.15) is 5.84 Å². The highest BCUT2D eigenvalue weighted by atomic mass is 15.1. The minimum Gasteiger partial charge on any atom is -0.308 e. The van der Waals surface area contributed by atoms with E-state index in [4.69, 9.17) is 0 Å². The number of aliphatic imine (C=N–C) groups is 3. The molecule has 0 aliphatic carbocycles. The fourth-order valence-electron chi connectivity index (χ4n) is 1.33. The first-order chi connectivity index (χ1) is 7.25. The van der Waals surface area contributed by atoms with Crippen LogP contribution in [0.3, 0.4) is 0 Å². The first-order valence-electron chi connectivity index (χ1n) is 4.96. The van der Waals surface area contributed by atoms with E-state index in [2.05, 4.69) is 19.9 Å². The molecule has 15 heavy (non-hydrogen) atoms. The highest BCUT2D eigenvalue weighted by Crippen LogP contribution is 2.06. The van der Waals surface area contributed by atoms with E-state index in [0.717, 1.165) is 30.3 Å². The van der Waals surface area contributed by atoms with Gasteiger partial charge in [0, 0.05) is 12.7 Å². The largest absolute Gasteiger partial charge is 0.308 e. The van der Waals surface area contributed by atoms with E-state index in [-0.39, 0.29) is 0 Å². The summed E-state index contributed by atoms with van der Waals surface area (Å²) in [5.41, 5.74) is 1.85. The summed E-state index contributed by atoms with van der Waals surface area (Å²) in [4.78, 5) is 15.0. The third-order valence-electron chi connectivity index (χ3n) is 2.15. The SMILES string of the molecule is CN(C)CCN=C1C=CC2=NC=CC2=N1. The Morgan fingerprint density at radius 1 is 1.20 bits per heavy atom. The fraction of sp³-hybridized carbons (Fsp3) is 0.364. The molecule has 0 aromatic carbocycles. The van der Waals surface area contributed by atoms with Crippen LogP contribution in [0.5, 0.6) is 0 Å². The summed E-state index contributed by atoms with van der Waals surface area (Å²) in [7, 11) is 4.07. The lowest BCUT2D eigenvalue weighted by atomic mass is 10.2. The van der Waals surface area contributed by atoms with Gasteiger partial charge in [-0.15, -0.1) is 0 Å². The number of allylic oxidation sites excluding steroid dienone is 2. The van der Waals surface area contributed by atoms with Crippen molar-refractivity contribution < 1.29 is 0 Å². The van der Waals surface area contributed by atoms with Crippen LogP contribution < -0.4 is 0 Å². The van der Waals surface area contributed by atoms with Crippen molar-refractivity contribution in [3.63, 3.8) is 0 Å². The lowest BCUT2D eigenvalue weighted by Gasteiger charge is -2.07. The number of hydrogen-bond acceptors (Lipinski definition) is 3. The number of nitrogens with zero attached hydrogens (tertiary/aromatic N) is 4. The Balaban J connectivity index is 2.01. The molecule has 0 aromatic heterocycles. The maximum Gasteiger partial charge on any atom is 0.148 e. The Hall–Kier alpha value is -1.55. The second kappa shape index (κ2) is 4.31. The maximum absolute atomic E-state index is 4.40. The van der Waals surface area contributed by atoms with E-state index < -0.39 is 0 Å². The van der Waals surface area contributed by atoms with Crippen LogP contribution in [-0.2, 0) is 0 Å². The van der Waals surface area contributed by atoms with Gasteiger partial charge in [-0.25, -0.2) is 4.99 Å². The van der Waals surface area contributed by atoms with Gasteiger partial charge in [0.15, 0.2) is 0 Å². The zero-order valence-electron chi connectivity index (χ0n) is 9.01. The number of hydrogen-bond donors (Lipinski definition) is 0. The summed E-state index contributed by atoms with van der Waals surface area (Å²) in [5.74, 6) is 0.789. The minimum absolute atomic E-state index is 0.777. The van der Waals surface area contributed by atoms with E-state index in [9.17, 15) is 0 Å². The molecule has 2 aliphatic heterocycles. The van der Waals surface area contributed by atoms with Gasteiger partial charge >= 0.3 is 0 Å². The third kappa shape index (κ3) is 2.47. The van der Waals surface area contributed by atoms with Crippen LogP contribution in [0.1, 0.15) is 0 Å². The van der Waals surface area contributed by atoms with Crippen molar-refractivity contribution >= 4 is 17.3 Å². The Kier molecular flexibility index (Phi) is 2.87. The van der Waals surface area contributed by atoms with Gasteiger partial charge in [-0.1, -0.05) is 0 Å². The smallest absolute Gasteiger partial charge is 0.148 e. The van der Waals surface area contributed by atoms with Crippen molar-refractivity contribution in [1.82, 2.24) is 4.90 Å². The van der Waals surface area contributed by atoms with E-state index in [1.165, 1.54) is 0 Å². The average Bonchev–Trinajstić information content (AvgIpc) is 2.64. The molecule has 0 unspecified atom stereocenters. The molecule has 0 fully saturated rings. The fourth-order valence-corrected chi connectivity index (χ4v) is 1.33. The van der Waals surface area contributed by atoms with Gasteiger partial charge in [0.2, 0.25) is 0 Å². The third-order valence-corrected chi connectivity index (χ3v) is 2.15. The number of amidine groups is 1. The topological polar surface area (TPSA) is 40.3 Å². The highest BCUT2D eigenvalue weighted by Gasteiger charge is 2.11. The molecular weight excluding hydrogens is 188 g/mol. The zero-order chi connectivity index (χ0) is 10.7. The van der Waals surface area contributed by atoms with Gasteiger partial charge in [-0.2, -0.15) is 0 Å². The number of fused-ring (bicyclic) bond motifs is 1. The van der Waals surface area contributed by atoms with E-state index in [1.54, 1.807) is 6.20 Å². The monoisotopic (exact) mass is 202 g/mol. The molecule has 0 N–H and O–H groups in total. The zero-order valence-corrected chi connectivity index (χ0v) is 9.01. The van der Waals surface area contributed by atoms with Crippen LogP contribution in [0, 0.1) is 0 Å². The molecule has 0 saturated heterocycles. The van der Waals surface area contributed by atoms with Crippen molar-refractivity contribution in [2.45, 2.75) is 0 Å². The van der Waals surface area contributed by atoms with E-state index >= 15 is 0 Å². The molecule has 2 rings (SSSR count). The lowest BCUT2D eigenvalue weighted by Crippen LogP contribution is -2.17. The van der Waals surface area contributed by atoms with Crippen LogP contribution >= 0.6 is 0 Å². The van der Waals surface area contributed by atoms with Crippen molar-refractivity contribution in [2.75, 3.05) is 27.2 Å². The Morgan fingerprint density at radius 3 is 2.87 bits per heavy atom.